The van der Waals surface area contributed by atoms with Crippen molar-refractivity contribution in [1.82, 2.24) is 4.98 Å². The van der Waals surface area contributed by atoms with E-state index in [2.05, 4.69) is 62.0 Å². The maximum absolute atomic E-state index is 5.37. The van der Waals surface area contributed by atoms with Crippen LogP contribution in [0.5, 0.6) is 0 Å². The number of rotatable bonds is 24. The first-order valence-corrected chi connectivity index (χ1v) is 21.8. The molecule has 0 unspecified atom stereocenters. The predicted molar refractivity (Wildman–Crippen MR) is 219 cm³/mol. The van der Waals surface area contributed by atoms with Gasteiger partial charge >= 0.3 is 0 Å². The van der Waals surface area contributed by atoms with Crippen molar-refractivity contribution in [2.45, 2.75) is 174 Å². The van der Waals surface area contributed by atoms with Gasteiger partial charge in [0.25, 0.3) is 0 Å². The molecule has 1 fully saturated rings. The molecule has 1 aliphatic carbocycles. The first-order valence-electron chi connectivity index (χ1n) is 21.0. The number of hydrogen-bond acceptors (Lipinski definition) is 5. The highest BCUT2D eigenvalue weighted by Gasteiger charge is 2.20. The van der Waals surface area contributed by atoms with Crippen LogP contribution in [-0.2, 0) is 6.42 Å². The summed E-state index contributed by atoms with van der Waals surface area (Å²) < 4.78 is 1.29. The Bertz CT molecular complexity index is 1350. The van der Waals surface area contributed by atoms with Gasteiger partial charge in [-0.3, -0.25) is 4.99 Å². The van der Waals surface area contributed by atoms with Gasteiger partial charge in [0, 0.05) is 39.4 Å². The van der Waals surface area contributed by atoms with Crippen molar-refractivity contribution in [3.05, 3.63) is 35.2 Å². The Labute approximate surface area is 305 Å². The van der Waals surface area contributed by atoms with Gasteiger partial charge in [0.2, 0.25) is 0 Å². The minimum Gasteiger partial charge on any atom is -0.375 e. The van der Waals surface area contributed by atoms with E-state index < -0.39 is 0 Å². The average Bonchev–Trinajstić information content (AvgIpc) is 3.40. The molecule has 0 bridgehead atoms. The largest absolute Gasteiger partial charge is 0.375 e. The van der Waals surface area contributed by atoms with E-state index in [1.807, 2.05) is 11.3 Å². The summed E-state index contributed by atoms with van der Waals surface area (Å²) in [6, 6.07) is 9.39. The minimum atomic E-state index is 0.923. The van der Waals surface area contributed by atoms with Crippen LogP contribution in [0.2, 0.25) is 0 Å². The molecule has 1 saturated heterocycles. The molecule has 0 radical (unpaired) electrons. The van der Waals surface area contributed by atoms with Crippen LogP contribution in [0.25, 0.3) is 20.8 Å². The van der Waals surface area contributed by atoms with Crippen molar-refractivity contribution in [3.8, 4) is 10.6 Å². The molecule has 0 amide bonds. The number of aromatic nitrogens is 1. The second-order valence-electron chi connectivity index (χ2n) is 15.2. The van der Waals surface area contributed by atoms with E-state index >= 15 is 0 Å². The quantitative estimate of drug-likeness (QED) is 0.0693. The summed E-state index contributed by atoms with van der Waals surface area (Å²) in [4.78, 5) is 16.9. The van der Waals surface area contributed by atoms with Crippen LogP contribution < -0.4 is 15.2 Å². The predicted octanol–water partition coefficient (Wildman–Crippen LogP) is 13.1. The lowest BCUT2D eigenvalue weighted by Gasteiger charge is -2.24. The smallest absolute Gasteiger partial charge is 0.0855 e. The van der Waals surface area contributed by atoms with E-state index in [0.717, 1.165) is 24.2 Å². The van der Waals surface area contributed by atoms with Gasteiger partial charge in [0.1, 0.15) is 0 Å². The monoisotopic (exact) mass is 689 g/mol. The van der Waals surface area contributed by atoms with Gasteiger partial charge in [-0.05, 0) is 61.9 Å². The topological polar surface area (TPSA) is 31.7 Å². The Morgan fingerprint density at radius 2 is 1.22 bits per heavy atom. The summed E-state index contributed by atoms with van der Waals surface area (Å²) in [5, 5.41) is 1.24. The number of anilines is 2. The van der Waals surface area contributed by atoms with Crippen molar-refractivity contribution in [1.29, 1.82) is 0 Å². The fourth-order valence-electron chi connectivity index (χ4n) is 7.68. The van der Waals surface area contributed by atoms with Crippen LogP contribution in [0.15, 0.2) is 29.3 Å². The second kappa shape index (κ2) is 23.4. The lowest BCUT2D eigenvalue weighted by molar-refractivity contribution is 0.532. The molecule has 3 aliphatic rings. The summed E-state index contributed by atoms with van der Waals surface area (Å²) in [5.74, 6) is 0. The van der Waals surface area contributed by atoms with Gasteiger partial charge in [-0.25, -0.2) is 4.98 Å². The van der Waals surface area contributed by atoms with Gasteiger partial charge in [-0.1, -0.05) is 142 Å². The average molecular weight is 689 g/mol. The Kier molecular flexibility index (Phi) is 18.9. The zero-order valence-corrected chi connectivity index (χ0v) is 33.1. The van der Waals surface area contributed by atoms with Crippen LogP contribution in [0.3, 0.4) is 0 Å². The van der Waals surface area contributed by atoms with Crippen molar-refractivity contribution in [2.75, 3.05) is 43.5 Å². The van der Waals surface area contributed by atoms with Gasteiger partial charge in [0.05, 0.1) is 31.8 Å². The Morgan fingerprint density at radius 1 is 0.673 bits per heavy atom. The van der Waals surface area contributed by atoms with E-state index in [-0.39, 0.29) is 0 Å². The number of fused-ring (bicyclic) bond motifs is 2. The Hall–Kier alpha value is -2.14. The van der Waals surface area contributed by atoms with Gasteiger partial charge in [-0.2, -0.15) is 0 Å². The molecule has 4 rings (SSSR count). The molecule has 5 heteroatoms. The van der Waals surface area contributed by atoms with E-state index in [4.69, 9.17) is 9.98 Å². The van der Waals surface area contributed by atoms with E-state index in [0.29, 0.717) is 0 Å². The summed E-state index contributed by atoms with van der Waals surface area (Å²) in [6.45, 7) is 7.86. The lowest BCUT2D eigenvalue weighted by atomic mass is 10.0. The summed E-state index contributed by atoms with van der Waals surface area (Å²) >= 11 is 1.92. The minimum absolute atomic E-state index is 0.923. The highest BCUT2D eigenvalue weighted by Crippen LogP contribution is 2.38. The molecule has 4 nitrogen and oxygen atoms in total. The van der Waals surface area contributed by atoms with Crippen LogP contribution >= 0.6 is 11.3 Å². The molecule has 0 aromatic heterocycles. The zero-order chi connectivity index (χ0) is 34.5. The normalized spacial score (nSPS) is 14.3. The zero-order valence-electron chi connectivity index (χ0n) is 32.3. The van der Waals surface area contributed by atoms with E-state index in [1.54, 1.807) is 0 Å². The first kappa shape index (κ1) is 39.6. The number of hydrogen-bond donors (Lipinski definition) is 0. The molecule has 0 spiro atoms. The van der Waals surface area contributed by atoms with Crippen molar-refractivity contribution < 1.29 is 0 Å². The molecule has 0 N–H and O–H groups in total. The third-order valence-corrected chi connectivity index (χ3v) is 11.8. The maximum Gasteiger partial charge on any atom is 0.0855 e. The lowest BCUT2D eigenvalue weighted by Crippen LogP contribution is -2.25. The number of unbranched alkanes of at least 4 members (excludes halogenated alkanes) is 18. The molecule has 49 heavy (non-hydrogen) atoms. The van der Waals surface area contributed by atoms with Crippen LogP contribution in [0, 0.1) is 0 Å². The molecule has 2 heterocycles. The maximum atomic E-state index is 5.37. The summed E-state index contributed by atoms with van der Waals surface area (Å²) in [7, 11) is 4.41. The fourth-order valence-corrected chi connectivity index (χ4v) is 8.88. The van der Waals surface area contributed by atoms with Gasteiger partial charge in [-0.15, -0.1) is 11.3 Å². The Morgan fingerprint density at radius 3 is 1.80 bits per heavy atom. The number of nitrogens with zero attached hydrogens (tertiary/aromatic N) is 4. The van der Waals surface area contributed by atoms with Crippen LogP contribution in [-0.4, -0.2) is 38.7 Å². The molecular weight excluding hydrogens is 617 g/mol. The molecule has 1 aromatic rings. The molecule has 0 saturated carbocycles. The van der Waals surface area contributed by atoms with Crippen LogP contribution in [0.4, 0.5) is 11.4 Å². The van der Waals surface area contributed by atoms with Crippen molar-refractivity contribution >= 4 is 32.9 Å². The van der Waals surface area contributed by atoms with Gasteiger partial charge in [0.15, 0.2) is 0 Å². The van der Waals surface area contributed by atoms with E-state index in [9.17, 15) is 0 Å². The molecule has 274 valence electrons. The highest BCUT2D eigenvalue weighted by atomic mass is 32.1. The van der Waals surface area contributed by atoms with Crippen molar-refractivity contribution in [2.24, 2.45) is 4.99 Å². The van der Waals surface area contributed by atoms with E-state index in [1.165, 1.54) is 199 Å². The molecule has 1 aromatic carbocycles. The van der Waals surface area contributed by atoms with Crippen LogP contribution in [0.1, 0.15) is 174 Å². The Balaban J connectivity index is 1.41. The third-order valence-electron chi connectivity index (χ3n) is 10.7. The van der Waals surface area contributed by atoms with Gasteiger partial charge < -0.3 is 9.80 Å². The number of aryl methyl sites for hydroxylation is 1. The molecule has 2 aliphatic heterocycles. The third kappa shape index (κ3) is 13.5. The van der Waals surface area contributed by atoms with Crippen molar-refractivity contribution in [3.63, 3.8) is 0 Å². The summed E-state index contributed by atoms with van der Waals surface area (Å²) in [6.07, 6.45) is 33.9. The molecule has 0 atom stereocenters. The standard InChI is InChI=1S/C44H72N4S/c1-5-7-9-11-12-13-14-15-16-17-18-19-20-21-25-29-37-35-40-44(43(47(3)4)42(37)45-32-26-22-10-8-6-2)49-41-36-38(30-31-39(41)46-40)48-33-27-23-24-28-34-48/h30-31,35-36H,5-29,32-34H2,1-4H3. The highest BCUT2D eigenvalue weighted by molar-refractivity contribution is 7.22. The fraction of sp³-hybridized carbons (Fsp3) is 0.727. The summed E-state index contributed by atoms with van der Waals surface area (Å²) in [5.41, 5.74) is 6.31. The number of benzene rings is 2. The first-order chi connectivity index (χ1) is 24.1. The second-order valence-corrected chi connectivity index (χ2v) is 16.3. The SMILES string of the molecule is CCCCCCCCCCCCCCCCCc1cc2nc3ccc(N4CCCCCC4)cc3sc-2c(N(C)C)c1=NCCCCCCC. The molecular formula is C44H72N4S.